The molecule has 1 atom stereocenters. The molecule has 22 heavy (non-hydrogen) atoms. The molecule has 0 aliphatic heterocycles. The van der Waals surface area contributed by atoms with Gasteiger partial charge in [-0.25, -0.2) is 19.0 Å². The maximum atomic E-state index is 14.1. The van der Waals surface area contributed by atoms with Crippen LogP contribution in [0.5, 0.6) is 0 Å². The molecule has 0 N–H and O–H groups in total. The van der Waals surface area contributed by atoms with Gasteiger partial charge in [0.25, 0.3) is 0 Å². The second-order valence-electron chi connectivity index (χ2n) is 4.61. The highest BCUT2D eigenvalue weighted by Crippen LogP contribution is 2.27. The first kappa shape index (κ1) is 14.7. The Bertz CT molecular complexity index is 915. The molecule has 1 aromatic carbocycles. The first-order chi connectivity index (χ1) is 10.5. The Labute approximate surface area is 134 Å². The van der Waals surface area contributed by atoms with Crippen LogP contribution in [0.2, 0.25) is 10.2 Å². The largest absolute Gasteiger partial charge is 0.247 e. The summed E-state index contributed by atoms with van der Waals surface area (Å²) in [5.41, 5.74) is 1.14. The van der Waals surface area contributed by atoms with Crippen molar-refractivity contribution in [2.75, 3.05) is 0 Å². The number of nitrogens with zero attached hydrogens (tertiary/aromatic N) is 5. The number of rotatable bonds is 2. The Balaban J connectivity index is 2.21. The van der Waals surface area contributed by atoms with E-state index in [9.17, 15) is 4.39 Å². The summed E-state index contributed by atoms with van der Waals surface area (Å²) in [5.74, 6) is -0.461. The molecule has 0 aliphatic rings. The van der Waals surface area contributed by atoms with E-state index in [1.807, 2.05) is 6.07 Å². The Morgan fingerprint density at radius 3 is 2.82 bits per heavy atom. The van der Waals surface area contributed by atoms with Crippen molar-refractivity contribution in [2.24, 2.45) is 0 Å². The molecule has 8 heteroatoms. The monoisotopic (exact) mass is 335 g/mol. The first-order valence-electron chi connectivity index (χ1n) is 6.27. The first-order valence-corrected chi connectivity index (χ1v) is 7.02. The molecule has 0 saturated carbocycles. The zero-order valence-corrected chi connectivity index (χ0v) is 12.8. The molecular formula is C14H8Cl2FN5. The predicted molar refractivity (Wildman–Crippen MR) is 80.3 cm³/mol. The molecule has 0 amide bonds. The standard InChI is InChI=1S/C14H8Cl2FN5/c1-7(9-3-2-8(15)4-10(9)17)22-14-13(11(5-18)21-22)19-6-12(16)20-14/h2-4,6-7H,1H3. The van der Waals surface area contributed by atoms with Gasteiger partial charge < -0.3 is 0 Å². The number of hydrogen-bond donors (Lipinski definition) is 0. The quantitative estimate of drug-likeness (QED) is 0.715. The van der Waals surface area contributed by atoms with Gasteiger partial charge in [0.2, 0.25) is 0 Å². The minimum Gasteiger partial charge on any atom is -0.247 e. The van der Waals surface area contributed by atoms with Gasteiger partial charge in [0, 0.05) is 10.6 Å². The lowest BCUT2D eigenvalue weighted by atomic mass is 10.1. The van der Waals surface area contributed by atoms with Gasteiger partial charge in [-0.05, 0) is 19.1 Å². The van der Waals surface area contributed by atoms with Gasteiger partial charge in [0.1, 0.15) is 22.6 Å². The highest BCUT2D eigenvalue weighted by Gasteiger charge is 2.21. The second kappa shape index (κ2) is 5.52. The summed E-state index contributed by atoms with van der Waals surface area (Å²) in [6.07, 6.45) is 1.34. The van der Waals surface area contributed by atoms with Crippen LogP contribution < -0.4 is 0 Å². The van der Waals surface area contributed by atoms with Crippen LogP contribution >= 0.6 is 23.2 Å². The maximum Gasteiger partial charge on any atom is 0.190 e. The molecule has 110 valence electrons. The Morgan fingerprint density at radius 2 is 2.14 bits per heavy atom. The third-order valence-corrected chi connectivity index (χ3v) is 3.68. The SMILES string of the molecule is CC(c1ccc(Cl)cc1F)n1nc(C#N)c2ncc(Cl)nc21. The van der Waals surface area contributed by atoms with E-state index in [0.29, 0.717) is 21.7 Å². The lowest BCUT2D eigenvalue weighted by Crippen LogP contribution is -2.11. The van der Waals surface area contributed by atoms with Crippen molar-refractivity contribution >= 4 is 34.4 Å². The highest BCUT2D eigenvalue weighted by molar-refractivity contribution is 6.30. The van der Waals surface area contributed by atoms with E-state index < -0.39 is 11.9 Å². The molecule has 0 spiro atoms. The Hall–Kier alpha value is -2.23. The van der Waals surface area contributed by atoms with Gasteiger partial charge >= 0.3 is 0 Å². The normalized spacial score (nSPS) is 12.3. The van der Waals surface area contributed by atoms with Crippen molar-refractivity contribution in [3.05, 3.63) is 51.6 Å². The molecule has 0 bridgehead atoms. The van der Waals surface area contributed by atoms with Crippen molar-refractivity contribution in [3.8, 4) is 6.07 Å². The van der Waals surface area contributed by atoms with Crippen molar-refractivity contribution in [1.29, 1.82) is 5.26 Å². The lowest BCUT2D eigenvalue weighted by molar-refractivity contribution is 0.529. The third-order valence-electron chi connectivity index (χ3n) is 3.26. The molecule has 0 saturated heterocycles. The predicted octanol–water partition coefficient (Wildman–Crippen LogP) is 3.75. The Morgan fingerprint density at radius 1 is 1.36 bits per heavy atom. The molecule has 5 nitrogen and oxygen atoms in total. The summed E-state index contributed by atoms with van der Waals surface area (Å²) in [6.45, 7) is 1.74. The van der Waals surface area contributed by atoms with Crippen LogP contribution in [-0.2, 0) is 0 Å². The fourth-order valence-corrected chi connectivity index (χ4v) is 2.49. The van der Waals surface area contributed by atoms with Crippen molar-refractivity contribution in [1.82, 2.24) is 19.7 Å². The average molecular weight is 336 g/mol. The molecule has 1 unspecified atom stereocenters. The molecular weight excluding hydrogens is 328 g/mol. The summed E-state index contributed by atoms with van der Waals surface area (Å²) in [5, 5.41) is 13.8. The van der Waals surface area contributed by atoms with Crippen LogP contribution in [0.1, 0.15) is 24.2 Å². The van der Waals surface area contributed by atoms with Gasteiger partial charge in [0.05, 0.1) is 12.2 Å². The van der Waals surface area contributed by atoms with E-state index in [4.69, 9.17) is 28.5 Å². The van der Waals surface area contributed by atoms with E-state index >= 15 is 0 Å². The fourth-order valence-electron chi connectivity index (χ4n) is 2.21. The van der Waals surface area contributed by atoms with E-state index in [1.165, 1.54) is 16.9 Å². The smallest absolute Gasteiger partial charge is 0.190 e. The van der Waals surface area contributed by atoms with Crippen molar-refractivity contribution < 1.29 is 4.39 Å². The van der Waals surface area contributed by atoms with Crippen molar-refractivity contribution in [3.63, 3.8) is 0 Å². The lowest BCUT2D eigenvalue weighted by Gasteiger charge is -2.14. The van der Waals surface area contributed by atoms with E-state index in [2.05, 4.69) is 15.1 Å². The molecule has 3 aromatic rings. The van der Waals surface area contributed by atoms with E-state index in [0.717, 1.165) is 0 Å². The summed E-state index contributed by atoms with van der Waals surface area (Å²) >= 11 is 11.6. The number of nitriles is 1. The van der Waals surface area contributed by atoms with Crippen molar-refractivity contribution in [2.45, 2.75) is 13.0 Å². The van der Waals surface area contributed by atoms with Gasteiger partial charge in [-0.15, -0.1) is 0 Å². The van der Waals surface area contributed by atoms with Gasteiger partial charge in [0.15, 0.2) is 11.3 Å². The number of fused-ring (bicyclic) bond motifs is 1. The average Bonchev–Trinajstić information content (AvgIpc) is 2.84. The summed E-state index contributed by atoms with van der Waals surface area (Å²) < 4.78 is 15.5. The molecule has 3 rings (SSSR count). The fraction of sp³-hybridized carbons (Fsp3) is 0.143. The molecule has 0 aliphatic carbocycles. The minimum absolute atomic E-state index is 0.111. The zero-order valence-electron chi connectivity index (χ0n) is 11.3. The molecule has 2 heterocycles. The summed E-state index contributed by atoms with van der Waals surface area (Å²) in [7, 11) is 0. The summed E-state index contributed by atoms with van der Waals surface area (Å²) in [6, 6.07) is 5.83. The van der Waals surface area contributed by atoms with Gasteiger partial charge in [-0.1, -0.05) is 29.3 Å². The number of hydrogen-bond acceptors (Lipinski definition) is 4. The van der Waals surface area contributed by atoms with Gasteiger partial charge in [-0.3, -0.25) is 0 Å². The van der Waals surface area contributed by atoms with Crippen LogP contribution in [0.4, 0.5) is 4.39 Å². The number of halogens is 3. The number of aromatic nitrogens is 4. The van der Waals surface area contributed by atoms with Crippen LogP contribution in [-0.4, -0.2) is 19.7 Å². The second-order valence-corrected chi connectivity index (χ2v) is 5.44. The number of benzene rings is 1. The third kappa shape index (κ3) is 2.39. The Kier molecular flexibility index (Phi) is 3.69. The maximum absolute atomic E-state index is 14.1. The minimum atomic E-state index is -0.505. The topological polar surface area (TPSA) is 67.4 Å². The van der Waals surface area contributed by atoms with Crippen LogP contribution in [0.15, 0.2) is 24.4 Å². The zero-order chi connectivity index (χ0) is 15.9. The molecule has 0 fully saturated rings. The summed E-state index contributed by atoms with van der Waals surface area (Å²) in [4.78, 5) is 8.21. The molecule has 2 aromatic heterocycles. The highest BCUT2D eigenvalue weighted by atomic mass is 35.5. The van der Waals surface area contributed by atoms with E-state index in [1.54, 1.807) is 19.1 Å². The van der Waals surface area contributed by atoms with Gasteiger partial charge in [-0.2, -0.15) is 10.4 Å². The van der Waals surface area contributed by atoms with E-state index in [-0.39, 0.29) is 10.8 Å². The molecule has 0 radical (unpaired) electrons. The van der Waals surface area contributed by atoms with Crippen LogP contribution in [0.3, 0.4) is 0 Å². The van der Waals surface area contributed by atoms with Crippen LogP contribution in [0.25, 0.3) is 11.2 Å². The van der Waals surface area contributed by atoms with Crippen LogP contribution in [0, 0.1) is 17.1 Å².